The lowest BCUT2D eigenvalue weighted by molar-refractivity contribution is -0.118. The zero-order valence-corrected chi connectivity index (χ0v) is 10.5. The normalized spacial score (nSPS) is 18.5. The molecule has 1 fully saturated rings. The summed E-state index contributed by atoms with van der Waals surface area (Å²) in [6.07, 6.45) is 2.71. The number of anilines is 1. The third kappa shape index (κ3) is 2.67. The zero-order valence-electron chi connectivity index (χ0n) is 10.5. The van der Waals surface area contributed by atoms with E-state index >= 15 is 0 Å². The van der Waals surface area contributed by atoms with Crippen molar-refractivity contribution in [1.29, 1.82) is 0 Å². The summed E-state index contributed by atoms with van der Waals surface area (Å²) in [5.41, 5.74) is 7.36. The van der Waals surface area contributed by atoms with Crippen LogP contribution < -0.4 is 11.1 Å². The average Bonchev–Trinajstić information content (AvgIpc) is 3.09. The Morgan fingerprint density at radius 2 is 2.00 bits per heavy atom. The molecule has 1 aliphatic rings. The van der Waals surface area contributed by atoms with E-state index in [4.69, 9.17) is 5.73 Å². The Hall–Kier alpha value is -1.35. The van der Waals surface area contributed by atoms with Gasteiger partial charge in [0.05, 0.1) is 5.54 Å². The average molecular weight is 232 g/mol. The third-order valence-electron chi connectivity index (χ3n) is 3.59. The Kier molecular flexibility index (Phi) is 3.20. The molecule has 3 N–H and O–H groups in total. The monoisotopic (exact) mass is 232 g/mol. The minimum atomic E-state index is -0.602. The Labute approximate surface area is 102 Å². The molecule has 0 heterocycles. The van der Waals surface area contributed by atoms with Crippen LogP contribution in [0.1, 0.15) is 44.6 Å². The van der Waals surface area contributed by atoms with E-state index in [0.717, 1.165) is 24.9 Å². The molecule has 2 rings (SSSR count). The van der Waals surface area contributed by atoms with Crippen LogP contribution in [0.4, 0.5) is 5.69 Å². The van der Waals surface area contributed by atoms with Gasteiger partial charge in [0.25, 0.3) is 0 Å². The van der Waals surface area contributed by atoms with Crippen LogP contribution >= 0.6 is 0 Å². The summed E-state index contributed by atoms with van der Waals surface area (Å²) in [6, 6.07) is 8.04. The fourth-order valence-corrected chi connectivity index (χ4v) is 1.75. The van der Waals surface area contributed by atoms with Crippen LogP contribution in [0.25, 0.3) is 0 Å². The van der Waals surface area contributed by atoms with E-state index in [1.54, 1.807) is 0 Å². The molecule has 0 spiro atoms. The number of nitrogens with one attached hydrogen (secondary N) is 1. The molecule has 0 aliphatic heterocycles. The van der Waals surface area contributed by atoms with Crippen molar-refractivity contribution in [3.8, 4) is 0 Å². The van der Waals surface area contributed by atoms with Gasteiger partial charge >= 0.3 is 0 Å². The Morgan fingerprint density at radius 3 is 2.47 bits per heavy atom. The summed E-state index contributed by atoms with van der Waals surface area (Å²) in [5, 5.41) is 2.86. The van der Waals surface area contributed by atoms with Crippen molar-refractivity contribution in [3.63, 3.8) is 0 Å². The van der Waals surface area contributed by atoms with Crippen LogP contribution in [-0.4, -0.2) is 11.4 Å². The highest BCUT2D eigenvalue weighted by molar-refractivity contribution is 6.00. The Morgan fingerprint density at radius 1 is 1.41 bits per heavy atom. The van der Waals surface area contributed by atoms with Crippen LogP contribution in [0.2, 0.25) is 0 Å². The second-order valence-electron chi connectivity index (χ2n) is 5.04. The number of hydrogen-bond donors (Lipinski definition) is 2. The highest BCUT2D eigenvalue weighted by Crippen LogP contribution is 2.33. The van der Waals surface area contributed by atoms with Gasteiger partial charge in [-0.2, -0.15) is 0 Å². The summed E-state index contributed by atoms with van der Waals surface area (Å²) < 4.78 is 0. The van der Waals surface area contributed by atoms with Gasteiger partial charge in [-0.3, -0.25) is 4.79 Å². The maximum atomic E-state index is 11.7. The quantitative estimate of drug-likeness (QED) is 0.838. The number of nitrogens with two attached hydrogens (primary N) is 1. The van der Waals surface area contributed by atoms with Crippen molar-refractivity contribution in [2.75, 3.05) is 5.32 Å². The SMILES string of the molecule is CCC(C)c1ccc(NC(=O)C2(N)CC2)cc1. The molecule has 1 saturated carbocycles. The number of carbonyl (C=O) groups excluding carboxylic acids is 1. The summed E-state index contributed by atoms with van der Waals surface area (Å²) in [7, 11) is 0. The maximum Gasteiger partial charge on any atom is 0.244 e. The summed E-state index contributed by atoms with van der Waals surface area (Å²) in [6.45, 7) is 4.37. The highest BCUT2D eigenvalue weighted by atomic mass is 16.2. The second-order valence-corrected chi connectivity index (χ2v) is 5.04. The molecule has 92 valence electrons. The van der Waals surface area contributed by atoms with Crippen LogP contribution in [0.5, 0.6) is 0 Å². The lowest BCUT2D eigenvalue weighted by atomic mass is 9.98. The van der Waals surface area contributed by atoms with E-state index in [-0.39, 0.29) is 5.91 Å². The highest BCUT2D eigenvalue weighted by Gasteiger charge is 2.45. The lowest BCUT2D eigenvalue weighted by Crippen LogP contribution is -2.37. The number of amides is 1. The van der Waals surface area contributed by atoms with Crippen LogP contribution in [0.15, 0.2) is 24.3 Å². The topological polar surface area (TPSA) is 55.1 Å². The fourth-order valence-electron chi connectivity index (χ4n) is 1.75. The minimum absolute atomic E-state index is 0.0613. The molecule has 1 aliphatic carbocycles. The Balaban J connectivity index is 2.01. The minimum Gasteiger partial charge on any atom is -0.324 e. The van der Waals surface area contributed by atoms with Gasteiger partial charge in [0.1, 0.15) is 0 Å². The zero-order chi connectivity index (χ0) is 12.5. The van der Waals surface area contributed by atoms with Crippen molar-refractivity contribution in [1.82, 2.24) is 0 Å². The lowest BCUT2D eigenvalue weighted by Gasteiger charge is -2.12. The van der Waals surface area contributed by atoms with Crippen molar-refractivity contribution in [3.05, 3.63) is 29.8 Å². The van der Waals surface area contributed by atoms with Crippen LogP contribution in [0, 0.1) is 0 Å². The van der Waals surface area contributed by atoms with Gasteiger partial charge in [0.2, 0.25) is 5.91 Å². The fraction of sp³-hybridized carbons (Fsp3) is 0.500. The van der Waals surface area contributed by atoms with E-state index in [9.17, 15) is 4.79 Å². The van der Waals surface area contributed by atoms with Gasteiger partial charge in [0, 0.05) is 5.69 Å². The van der Waals surface area contributed by atoms with Gasteiger partial charge in [-0.05, 0) is 42.9 Å². The van der Waals surface area contributed by atoms with E-state index in [2.05, 4.69) is 31.3 Å². The maximum absolute atomic E-state index is 11.7. The molecule has 3 nitrogen and oxygen atoms in total. The number of rotatable bonds is 4. The first-order valence-corrected chi connectivity index (χ1v) is 6.25. The predicted octanol–water partition coefficient (Wildman–Crippen LogP) is 2.63. The molecule has 1 atom stereocenters. The smallest absolute Gasteiger partial charge is 0.244 e. The van der Waals surface area contributed by atoms with E-state index in [1.807, 2.05) is 12.1 Å². The first-order chi connectivity index (χ1) is 8.05. The number of hydrogen-bond acceptors (Lipinski definition) is 2. The standard InChI is InChI=1S/C14H20N2O/c1-3-10(2)11-4-6-12(7-5-11)16-13(17)14(15)8-9-14/h4-7,10H,3,8-9,15H2,1-2H3,(H,16,17). The molecule has 3 heteroatoms. The van der Waals surface area contributed by atoms with Crippen LogP contribution in [-0.2, 0) is 4.79 Å². The summed E-state index contributed by atoms with van der Waals surface area (Å²) in [4.78, 5) is 11.7. The molecule has 1 aromatic carbocycles. The molecule has 0 radical (unpaired) electrons. The predicted molar refractivity (Wildman–Crippen MR) is 69.9 cm³/mol. The summed E-state index contributed by atoms with van der Waals surface area (Å²) in [5.74, 6) is 0.498. The molecule has 1 aromatic rings. The molecule has 1 unspecified atom stereocenters. The molecule has 0 saturated heterocycles. The summed E-state index contributed by atoms with van der Waals surface area (Å²) >= 11 is 0. The molecule has 1 amide bonds. The van der Waals surface area contributed by atoms with Gasteiger partial charge in [-0.25, -0.2) is 0 Å². The van der Waals surface area contributed by atoms with Gasteiger partial charge in [-0.15, -0.1) is 0 Å². The van der Waals surface area contributed by atoms with Crippen molar-refractivity contribution < 1.29 is 4.79 Å². The van der Waals surface area contributed by atoms with Gasteiger partial charge in [-0.1, -0.05) is 26.0 Å². The largest absolute Gasteiger partial charge is 0.324 e. The van der Waals surface area contributed by atoms with Gasteiger partial charge < -0.3 is 11.1 Å². The van der Waals surface area contributed by atoms with Crippen LogP contribution in [0.3, 0.4) is 0 Å². The van der Waals surface area contributed by atoms with E-state index < -0.39 is 5.54 Å². The number of carbonyl (C=O) groups is 1. The Bertz CT molecular complexity index is 407. The molecule has 17 heavy (non-hydrogen) atoms. The third-order valence-corrected chi connectivity index (χ3v) is 3.59. The van der Waals surface area contributed by atoms with E-state index in [1.165, 1.54) is 5.56 Å². The molecular weight excluding hydrogens is 212 g/mol. The molecule has 0 aromatic heterocycles. The number of benzene rings is 1. The molecule has 0 bridgehead atoms. The first kappa shape index (κ1) is 12.1. The first-order valence-electron chi connectivity index (χ1n) is 6.25. The van der Waals surface area contributed by atoms with Crippen molar-refractivity contribution >= 4 is 11.6 Å². The van der Waals surface area contributed by atoms with E-state index in [0.29, 0.717) is 5.92 Å². The second kappa shape index (κ2) is 4.49. The molecular formula is C14H20N2O. The van der Waals surface area contributed by atoms with Gasteiger partial charge in [0.15, 0.2) is 0 Å². The van der Waals surface area contributed by atoms with Crippen molar-refractivity contribution in [2.45, 2.75) is 44.6 Å². The van der Waals surface area contributed by atoms with Crippen molar-refractivity contribution in [2.24, 2.45) is 5.73 Å².